The highest BCUT2D eigenvalue weighted by Gasteiger charge is 2.28. The van der Waals surface area contributed by atoms with E-state index in [1.54, 1.807) is 24.4 Å². The third-order valence-electron chi connectivity index (χ3n) is 5.34. The number of rotatable bonds is 7. The lowest BCUT2D eigenvalue weighted by molar-refractivity contribution is -0.126. The standard InChI is InChI=1S/C22H25ClN4O4/c1-29-18-10-15(11-19(30-2)21(18)31-3)17(12-24)26-22(28)14-6-8-27(9-7-14)20-5-4-16(23)13-25-20/h4-5,10-11,13-14,17H,6-9H2,1-3H3,(H,26,28). The number of benzene rings is 1. The van der Waals surface area contributed by atoms with Crippen LogP contribution in [0.4, 0.5) is 5.82 Å². The molecule has 1 N–H and O–H groups in total. The zero-order valence-electron chi connectivity index (χ0n) is 17.7. The lowest BCUT2D eigenvalue weighted by Crippen LogP contribution is -2.41. The van der Waals surface area contributed by atoms with Gasteiger partial charge in [-0.1, -0.05) is 11.6 Å². The Morgan fingerprint density at radius 1 is 1.19 bits per heavy atom. The van der Waals surface area contributed by atoms with Gasteiger partial charge in [-0.25, -0.2) is 4.98 Å². The number of carbonyl (C=O) groups is 1. The Labute approximate surface area is 186 Å². The number of hydrogen-bond donors (Lipinski definition) is 1. The molecule has 3 rings (SSSR count). The van der Waals surface area contributed by atoms with Crippen LogP contribution in [0.5, 0.6) is 17.2 Å². The Hall–Kier alpha value is -3.18. The van der Waals surface area contributed by atoms with Gasteiger partial charge in [0, 0.05) is 25.2 Å². The first-order valence-corrected chi connectivity index (χ1v) is 10.2. The molecule has 1 amide bonds. The van der Waals surface area contributed by atoms with Crippen molar-refractivity contribution < 1.29 is 19.0 Å². The van der Waals surface area contributed by atoms with Gasteiger partial charge in [0.2, 0.25) is 11.7 Å². The summed E-state index contributed by atoms with van der Waals surface area (Å²) in [5, 5.41) is 13.1. The van der Waals surface area contributed by atoms with Gasteiger partial charge in [0.25, 0.3) is 0 Å². The largest absolute Gasteiger partial charge is 0.493 e. The molecule has 1 aliphatic rings. The first kappa shape index (κ1) is 22.5. The monoisotopic (exact) mass is 444 g/mol. The minimum atomic E-state index is -0.836. The van der Waals surface area contributed by atoms with Crippen molar-refractivity contribution in [2.75, 3.05) is 39.3 Å². The van der Waals surface area contributed by atoms with Crippen LogP contribution in [0.15, 0.2) is 30.5 Å². The molecule has 1 unspecified atom stereocenters. The second kappa shape index (κ2) is 10.2. The van der Waals surface area contributed by atoms with E-state index in [0.29, 0.717) is 53.8 Å². The summed E-state index contributed by atoms with van der Waals surface area (Å²) in [5.41, 5.74) is 0.563. The van der Waals surface area contributed by atoms with E-state index in [0.717, 1.165) is 5.82 Å². The molecule has 1 aliphatic heterocycles. The maximum Gasteiger partial charge on any atom is 0.224 e. The number of nitrogens with zero attached hydrogens (tertiary/aromatic N) is 3. The third-order valence-corrected chi connectivity index (χ3v) is 5.56. The molecule has 1 aromatic heterocycles. The third kappa shape index (κ3) is 5.12. The predicted octanol–water partition coefficient (Wildman–Crippen LogP) is 3.36. The van der Waals surface area contributed by atoms with Gasteiger partial charge in [-0.05, 0) is 42.7 Å². The van der Waals surface area contributed by atoms with Crippen LogP contribution in [-0.2, 0) is 4.79 Å². The molecule has 0 spiro atoms. The summed E-state index contributed by atoms with van der Waals surface area (Å²) in [4.78, 5) is 19.3. The number of piperidine rings is 1. The van der Waals surface area contributed by atoms with Crippen LogP contribution in [0.2, 0.25) is 5.02 Å². The van der Waals surface area contributed by atoms with Crippen molar-refractivity contribution in [2.24, 2.45) is 5.92 Å². The highest BCUT2D eigenvalue weighted by atomic mass is 35.5. The van der Waals surface area contributed by atoms with Crippen LogP contribution in [0, 0.1) is 17.2 Å². The molecule has 164 valence electrons. The summed E-state index contributed by atoms with van der Waals surface area (Å²) >= 11 is 5.90. The van der Waals surface area contributed by atoms with E-state index in [1.807, 2.05) is 6.07 Å². The zero-order valence-corrected chi connectivity index (χ0v) is 18.5. The molecule has 31 heavy (non-hydrogen) atoms. The summed E-state index contributed by atoms with van der Waals surface area (Å²) in [6, 6.07) is 8.33. The van der Waals surface area contributed by atoms with Gasteiger partial charge in [-0.3, -0.25) is 4.79 Å². The van der Waals surface area contributed by atoms with Gasteiger partial charge < -0.3 is 24.4 Å². The smallest absolute Gasteiger partial charge is 0.224 e. The van der Waals surface area contributed by atoms with Crippen LogP contribution in [-0.4, -0.2) is 45.3 Å². The zero-order chi connectivity index (χ0) is 22.4. The maximum atomic E-state index is 12.9. The fourth-order valence-electron chi connectivity index (χ4n) is 3.64. The molecule has 9 heteroatoms. The van der Waals surface area contributed by atoms with Gasteiger partial charge >= 0.3 is 0 Å². The molecule has 1 saturated heterocycles. The number of pyridine rings is 1. The summed E-state index contributed by atoms with van der Waals surface area (Å²) in [6.45, 7) is 1.41. The number of anilines is 1. The number of carbonyl (C=O) groups excluding carboxylic acids is 1. The summed E-state index contributed by atoms with van der Waals surface area (Å²) in [7, 11) is 4.52. The van der Waals surface area contributed by atoms with Gasteiger partial charge in [-0.15, -0.1) is 0 Å². The fraction of sp³-hybridized carbons (Fsp3) is 0.409. The topological polar surface area (TPSA) is 96.7 Å². The van der Waals surface area contributed by atoms with E-state index in [1.165, 1.54) is 21.3 Å². The Morgan fingerprint density at radius 2 is 1.84 bits per heavy atom. The molecule has 0 bridgehead atoms. The van der Waals surface area contributed by atoms with E-state index >= 15 is 0 Å². The van der Waals surface area contributed by atoms with Gasteiger partial charge in [0.05, 0.1) is 32.4 Å². The number of aromatic nitrogens is 1. The molecular weight excluding hydrogens is 420 g/mol. The minimum Gasteiger partial charge on any atom is -0.493 e. The van der Waals surface area contributed by atoms with E-state index in [4.69, 9.17) is 25.8 Å². The lowest BCUT2D eigenvalue weighted by Gasteiger charge is -2.32. The van der Waals surface area contributed by atoms with Crippen molar-refractivity contribution in [2.45, 2.75) is 18.9 Å². The van der Waals surface area contributed by atoms with E-state index < -0.39 is 6.04 Å². The van der Waals surface area contributed by atoms with Gasteiger partial charge in [0.15, 0.2) is 11.5 Å². The number of nitrogens with one attached hydrogen (secondary N) is 1. The molecule has 1 fully saturated rings. The molecule has 2 aromatic rings. The molecule has 8 nitrogen and oxygen atoms in total. The second-order valence-corrected chi connectivity index (χ2v) is 7.56. The first-order chi connectivity index (χ1) is 15.0. The number of ether oxygens (including phenoxy) is 3. The molecule has 0 radical (unpaired) electrons. The maximum absolute atomic E-state index is 12.9. The van der Waals surface area contributed by atoms with Crippen molar-refractivity contribution in [1.82, 2.24) is 10.3 Å². The van der Waals surface area contributed by atoms with Crippen molar-refractivity contribution in [1.29, 1.82) is 5.26 Å². The van der Waals surface area contributed by atoms with E-state index in [2.05, 4.69) is 21.3 Å². The quantitative estimate of drug-likeness (QED) is 0.699. The number of amides is 1. The van der Waals surface area contributed by atoms with Crippen molar-refractivity contribution in [3.63, 3.8) is 0 Å². The number of nitriles is 1. The summed E-state index contributed by atoms with van der Waals surface area (Å²) in [5.74, 6) is 1.80. The van der Waals surface area contributed by atoms with Crippen molar-refractivity contribution >= 4 is 23.3 Å². The normalized spacial score (nSPS) is 15.0. The molecule has 0 aliphatic carbocycles. The molecular formula is C22H25ClN4O4. The minimum absolute atomic E-state index is 0.149. The second-order valence-electron chi connectivity index (χ2n) is 7.13. The van der Waals surface area contributed by atoms with Crippen LogP contribution >= 0.6 is 11.6 Å². The average Bonchev–Trinajstić information content (AvgIpc) is 2.81. The number of methoxy groups -OCH3 is 3. The Morgan fingerprint density at radius 3 is 2.32 bits per heavy atom. The Balaban J connectivity index is 1.67. The SMILES string of the molecule is COc1cc(C(C#N)NC(=O)C2CCN(c3ccc(Cl)cn3)CC2)cc(OC)c1OC. The fourth-order valence-corrected chi connectivity index (χ4v) is 3.76. The van der Waals surface area contributed by atoms with Gasteiger partial charge in [-0.2, -0.15) is 5.26 Å². The van der Waals surface area contributed by atoms with Crippen LogP contribution in [0.1, 0.15) is 24.4 Å². The molecule has 1 atom stereocenters. The number of hydrogen-bond acceptors (Lipinski definition) is 7. The van der Waals surface area contributed by atoms with Gasteiger partial charge in [0.1, 0.15) is 11.9 Å². The summed E-state index contributed by atoms with van der Waals surface area (Å²) in [6.07, 6.45) is 2.96. The van der Waals surface area contributed by atoms with Crippen molar-refractivity contribution in [3.8, 4) is 23.3 Å². The van der Waals surface area contributed by atoms with E-state index in [-0.39, 0.29) is 11.8 Å². The van der Waals surface area contributed by atoms with E-state index in [9.17, 15) is 10.1 Å². The van der Waals surface area contributed by atoms with Crippen LogP contribution in [0.25, 0.3) is 0 Å². The Kier molecular flexibility index (Phi) is 7.42. The molecule has 0 saturated carbocycles. The average molecular weight is 445 g/mol. The highest BCUT2D eigenvalue weighted by Crippen LogP contribution is 2.39. The molecule has 1 aromatic carbocycles. The van der Waals surface area contributed by atoms with Crippen LogP contribution < -0.4 is 24.4 Å². The van der Waals surface area contributed by atoms with Crippen molar-refractivity contribution in [3.05, 3.63) is 41.0 Å². The lowest BCUT2D eigenvalue weighted by atomic mass is 9.95. The number of halogens is 1. The first-order valence-electron chi connectivity index (χ1n) is 9.87. The molecule has 2 heterocycles. The van der Waals surface area contributed by atoms with Crippen LogP contribution in [0.3, 0.4) is 0 Å². The predicted molar refractivity (Wildman–Crippen MR) is 117 cm³/mol. The highest BCUT2D eigenvalue weighted by molar-refractivity contribution is 6.30. The Bertz CT molecular complexity index is 928. The summed E-state index contributed by atoms with van der Waals surface area (Å²) < 4.78 is 16.0.